The fourth-order valence-corrected chi connectivity index (χ4v) is 4.46. The van der Waals surface area contributed by atoms with Crippen LogP contribution in [0.25, 0.3) is 11.3 Å². The zero-order valence-corrected chi connectivity index (χ0v) is 18.5. The zero-order valence-electron chi connectivity index (χ0n) is 18.5. The Kier molecular flexibility index (Phi) is 5.92. The lowest BCUT2D eigenvalue weighted by molar-refractivity contribution is -0.116. The molecule has 0 spiro atoms. The van der Waals surface area contributed by atoms with Crippen LogP contribution in [0.3, 0.4) is 0 Å². The molecule has 166 valence electrons. The van der Waals surface area contributed by atoms with Gasteiger partial charge in [0.1, 0.15) is 18.9 Å². The first-order valence-corrected chi connectivity index (χ1v) is 11.3. The third-order valence-electron chi connectivity index (χ3n) is 6.29. The molecular weight excluding hydrogens is 402 g/mol. The predicted octanol–water partition coefficient (Wildman–Crippen LogP) is 3.22. The number of amides is 1. The molecule has 2 aliphatic heterocycles. The van der Waals surface area contributed by atoms with Crippen molar-refractivity contribution in [2.45, 2.75) is 26.6 Å². The number of anilines is 1. The van der Waals surface area contributed by atoms with Crippen LogP contribution >= 0.6 is 0 Å². The summed E-state index contributed by atoms with van der Waals surface area (Å²) in [6, 6.07) is 16.0. The highest BCUT2D eigenvalue weighted by Crippen LogP contribution is 2.37. The van der Waals surface area contributed by atoms with Crippen molar-refractivity contribution in [2.75, 3.05) is 38.0 Å². The maximum atomic E-state index is 12.7. The summed E-state index contributed by atoms with van der Waals surface area (Å²) in [4.78, 5) is 17.7. The van der Waals surface area contributed by atoms with E-state index in [9.17, 15) is 4.79 Å². The molecule has 1 aromatic heterocycles. The Morgan fingerprint density at radius 3 is 2.56 bits per heavy atom. The van der Waals surface area contributed by atoms with E-state index in [1.54, 1.807) is 10.9 Å². The summed E-state index contributed by atoms with van der Waals surface area (Å²) in [5, 5.41) is 7.44. The summed E-state index contributed by atoms with van der Waals surface area (Å²) in [5.41, 5.74) is 5.01. The van der Waals surface area contributed by atoms with E-state index in [0.717, 1.165) is 67.5 Å². The molecule has 0 bridgehead atoms. The number of aromatic nitrogens is 2. The average Bonchev–Trinajstić information content (AvgIpc) is 3.24. The van der Waals surface area contributed by atoms with Crippen molar-refractivity contribution in [3.8, 4) is 17.0 Å². The van der Waals surface area contributed by atoms with Gasteiger partial charge in [-0.1, -0.05) is 31.2 Å². The first-order chi connectivity index (χ1) is 15.7. The van der Waals surface area contributed by atoms with Crippen LogP contribution in [-0.2, 0) is 24.5 Å². The number of para-hydroxylation sites is 1. The summed E-state index contributed by atoms with van der Waals surface area (Å²) < 4.78 is 7.54. The number of likely N-dealkylation sites (N-methyl/N-ethyl adjacent to an activating group) is 1. The minimum atomic E-state index is -0.0942. The van der Waals surface area contributed by atoms with Crippen LogP contribution < -0.4 is 10.1 Å². The Balaban J connectivity index is 1.20. The van der Waals surface area contributed by atoms with Crippen molar-refractivity contribution in [2.24, 2.45) is 0 Å². The lowest BCUT2D eigenvalue weighted by atomic mass is 10.0. The minimum Gasteiger partial charge on any atom is -0.488 e. The molecule has 3 aromatic rings. The van der Waals surface area contributed by atoms with E-state index in [-0.39, 0.29) is 12.5 Å². The fraction of sp³-hybridized carbons (Fsp3) is 0.360. The molecule has 1 fully saturated rings. The van der Waals surface area contributed by atoms with Crippen molar-refractivity contribution < 1.29 is 9.53 Å². The van der Waals surface area contributed by atoms with Gasteiger partial charge >= 0.3 is 0 Å². The molecule has 7 heteroatoms. The summed E-state index contributed by atoms with van der Waals surface area (Å²) in [6.45, 7) is 9.42. The molecule has 0 saturated carbocycles. The molecule has 0 radical (unpaired) electrons. The number of hydrogen-bond donors (Lipinski definition) is 1. The summed E-state index contributed by atoms with van der Waals surface area (Å²) >= 11 is 0. The number of nitrogens with zero attached hydrogens (tertiary/aromatic N) is 4. The Bertz CT molecular complexity index is 1080. The Labute approximate surface area is 188 Å². The molecule has 32 heavy (non-hydrogen) atoms. The average molecular weight is 432 g/mol. The molecule has 7 nitrogen and oxygen atoms in total. The summed E-state index contributed by atoms with van der Waals surface area (Å²) in [7, 11) is 0. The number of nitrogens with one attached hydrogen (secondary N) is 1. The van der Waals surface area contributed by atoms with E-state index < -0.39 is 0 Å². The monoisotopic (exact) mass is 431 g/mol. The number of ether oxygens (including phenoxy) is 1. The van der Waals surface area contributed by atoms with Gasteiger partial charge in [0.05, 0.1) is 11.9 Å². The number of benzene rings is 2. The van der Waals surface area contributed by atoms with Gasteiger partial charge in [0.25, 0.3) is 0 Å². The molecule has 2 aromatic carbocycles. The third kappa shape index (κ3) is 4.40. The molecule has 1 amide bonds. The largest absolute Gasteiger partial charge is 0.488 e. The highest BCUT2D eigenvalue weighted by molar-refractivity contribution is 5.91. The van der Waals surface area contributed by atoms with Gasteiger partial charge < -0.3 is 15.0 Å². The summed E-state index contributed by atoms with van der Waals surface area (Å²) in [6.07, 6.45) is 1.79. The standard InChI is InChI=1S/C25H29N5O2/c1-2-28-11-13-29(14-12-28)16-19-7-9-21(10-8-19)27-24(31)17-30-25-20(15-26-30)18-32-23-6-4-3-5-22(23)25/h3-10,15H,2,11-14,16-18H2,1H3,(H,27,31). The molecule has 3 heterocycles. The lowest BCUT2D eigenvalue weighted by Crippen LogP contribution is -2.45. The number of carbonyl (C=O) groups excluding carboxylic acids is 1. The van der Waals surface area contributed by atoms with E-state index in [0.29, 0.717) is 6.61 Å². The van der Waals surface area contributed by atoms with E-state index in [1.807, 2.05) is 36.4 Å². The van der Waals surface area contributed by atoms with E-state index in [1.165, 1.54) is 5.56 Å². The van der Waals surface area contributed by atoms with Crippen molar-refractivity contribution >= 4 is 11.6 Å². The second-order valence-corrected chi connectivity index (χ2v) is 8.42. The SMILES string of the molecule is CCN1CCN(Cc2ccc(NC(=O)Cn3ncc4c3-c3ccccc3OC4)cc2)CC1. The van der Waals surface area contributed by atoms with Gasteiger partial charge in [-0.15, -0.1) is 0 Å². The second kappa shape index (κ2) is 9.14. The lowest BCUT2D eigenvalue weighted by Gasteiger charge is -2.34. The highest BCUT2D eigenvalue weighted by atomic mass is 16.5. The van der Waals surface area contributed by atoms with Crippen molar-refractivity contribution in [3.63, 3.8) is 0 Å². The molecule has 0 aliphatic carbocycles. The molecule has 1 saturated heterocycles. The van der Waals surface area contributed by atoms with Crippen LogP contribution in [0.1, 0.15) is 18.1 Å². The highest BCUT2D eigenvalue weighted by Gasteiger charge is 2.23. The smallest absolute Gasteiger partial charge is 0.246 e. The van der Waals surface area contributed by atoms with E-state index in [2.05, 4.69) is 39.3 Å². The van der Waals surface area contributed by atoms with Gasteiger partial charge in [-0.05, 0) is 36.4 Å². The topological polar surface area (TPSA) is 62.6 Å². The van der Waals surface area contributed by atoms with Crippen LogP contribution in [0.15, 0.2) is 54.7 Å². The quantitative estimate of drug-likeness (QED) is 0.649. The van der Waals surface area contributed by atoms with Gasteiger partial charge in [0, 0.05) is 49.5 Å². The number of fused-ring (bicyclic) bond motifs is 3. The number of carbonyl (C=O) groups is 1. The maximum Gasteiger partial charge on any atom is 0.246 e. The van der Waals surface area contributed by atoms with Crippen LogP contribution in [0.2, 0.25) is 0 Å². The Hall–Kier alpha value is -3.16. The molecule has 0 atom stereocenters. The van der Waals surface area contributed by atoms with E-state index in [4.69, 9.17) is 4.74 Å². The van der Waals surface area contributed by atoms with Gasteiger partial charge in [-0.25, -0.2) is 0 Å². The minimum absolute atomic E-state index is 0.0942. The third-order valence-corrected chi connectivity index (χ3v) is 6.29. The number of piperazine rings is 1. The van der Waals surface area contributed by atoms with Crippen molar-refractivity contribution in [1.82, 2.24) is 19.6 Å². The molecule has 2 aliphatic rings. The van der Waals surface area contributed by atoms with Crippen LogP contribution in [0, 0.1) is 0 Å². The number of rotatable bonds is 6. The van der Waals surface area contributed by atoms with Gasteiger partial charge in [0.15, 0.2) is 0 Å². The maximum absolute atomic E-state index is 12.7. The second-order valence-electron chi connectivity index (χ2n) is 8.42. The zero-order chi connectivity index (χ0) is 21.9. The first-order valence-electron chi connectivity index (χ1n) is 11.3. The van der Waals surface area contributed by atoms with Crippen LogP contribution in [0.5, 0.6) is 5.75 Å². The van der Waals surface area contributed by atoms with Gasteiger partial charge in [-0.3, -0.25) is 14.4 Å². The molecular formula is C25H29N5O2. The van der Waals surface area contributed by atoms with E-state index >= 15 is 0 Å². The van der Waals surface area contributed by atoms with Gasteiger partial charge in [-0.2, -0.15) is 5.10 Å². The Morgan fingerprint density at radius 2 is 1.78 bits per heavy atom. The first kappa shape index (κ1) is 20.7. The number of hydrogen-bond acceptors (Lipinski definition) is 5. The fourth-order valence-electron chi connectivity index (χ4n) is 4.46. The van der Waals surface area contributed by atoms with Crippen molar-refractivity contribution in [3.05, 3.63) is 65.9 Å². The molecule has 0 unspecified atom stereocenters. The van der Waals surface area contributed by atoms with Crippen LogP contribution in [-0.4, -0.2) is 58.2 Å². The predicted molar refractivity (Wildman–Crippen MR) is 124 cm³/mol. The normalized spacial score (nSPS) is 16.2. The Morgan fingerprint density at radius 1 is 1.03 bits per heavy atom. The molecule has 1 N–H and O–H groups in total. The summed E-state index contributed by atoms with van der Waals surface area (Å²) in [5.74, 6) is 0.733. The van der Waals surface area contributed by atoms with Crippen LogP contribution in [0.4, 0.5) is 5.69 Å². The molecule has 5 rings (SSSR count). The van der Waals surface area contributed by atoms with Gasteiger partial charge in [0.2, 0.25) is 5.91 Å². The van der Waals surface area contributed by atoms with Crippen molar-refractivity contribution in [1.29, 1.82) is 0 Å².